The average molecular weight is 623 g/mol. The molecule has 4 nitrogen and oxygen atoms in total. The first-order chi connectivity index (χ1) is 23.6. The van der Waals surface area contributed by atoms with Gasteiger partial charge in [0.15, 0.2) is 0 Å². The van der Waals surface area contributed by atoms with Crippen molar-refractivity contribution in [3.05, 3.63) is 119 Å². The number of hydrogen-bond acceptors (Lipinski definition) is 2. The number of aromatic nitrogens is 4. The Morgan fingerprint density at radius 2 is 0.771 bits per heavy atom. The number of H-pyrrole nitrogens is 2. The topological polar surface area (TPSA) is 57.4 Å². The molecule has 2 aliphatic heterocycles. The van der Waals surface area contributed by atoms with Gasteiger partial charge in [-0.2, -0.15) is 0 Å². The Balaban J connectivity index is 1.49. The van der Waals surface area contributed by atoms with E-state index >= 15 is 0 Å². The van der Waals surface area contributed by atoms with Crippen LogP contribution in [0, 0.1) is 0 Å². The number of benzene rings is 4. The second kappa shape index (κ2) is 11.1. The van der Waals surface area contributed by atoms with Crippen LogP contribution in [0.3, 0.4) is 0 Å². The van der Waals surface area contributed by atoms with E-state index in [-0.39, 0.29) is 0 Å². The zero-order valence-corrected chi connectivity index (χ0v) is 28.0. The summed E-state index contributed by atoms with van der Waals surface area (Å²) in [4.78, 5) is 18.5. The Hall–Kier alpha value is -5.48. The lowest BCUT2D eigenvalue weighted by Gasteiger charge is -2.06. The summed E-state index contributed by atoms with van der Waals surface area (Å²) in [7, 11) is 0. The molecule has 0 radical (unpaired) electrons. The highest BCUT2D eigenvalue weighted by molar-refractivity contribution is 6.07. The lowest BCUT2D eigenvalue weighted by atomic mass is 9.96. The third kappa shape index (κ3) is 4.22. The van der Waals surface area contributed by atoms with Gasteiger partial charge >= 0.3 is 0 Å². The van der Waals surface area contributed by atoms with E-state index in [1.165, 1.54) is 66.1 Å². The quantitative estimate of drug-likeness (QED) is 0.205. The van der Waals surface area contributed by atoms with E-state index in [9.17, 15) is 0 Å². The van der Waals surface area contributed by atoms with E-state index in [0.29, 0.717) is 0 Å². The van der Waals surface area contributed by atoms with Crippen LogP contribution in [0.4, 0.5) is 0 Å². The molecule has 0 fully saturated rings. The van der Waals surface area contributed by atoms with Crippen LogP contribution in [0.25, 0.3) is 88.6 Å². The van der Waals surface area contributed by atoms with E-state index in [4.69, 9.17) is 9.97 Å². The van der Waals surface area contributed by atoms with Crippen molar-refractivity contribution in [1.82, 2.24) is 19.9 Å². The van der Waals surface area contributed by atoms with E-state index in [0.717, 1.165) is 70.5 Å². The summed E-state index contributed by atoms with van der Waals surface area (Å²) in [5.41, 5.74) is 18.7. The third-order valence-corrected chi connectivity index (χ3v) is 10.5. The summed E-state index contributed by atoms with van der Waals surface area (Å²) in [6.45, 7) is 9.03. The molecule has 4 heteroatoms. The molecule has 3 aromatic heterocycles. The van der Waals surface area contributed by atoms with Crippen LogP contribution in [-0.4, -0.2) is 19.9 Å². The number of hydrogen-bond donors (Lipinski definition) is 2. The Kier molecular flexibility index (Phi) is 6.62. The Bertz CT molecular complexity index is 2440. The van der Waals surface area contributed by atoms with Gasteiger partial charge in [-0.15, -0.1) is 0 Å². The number of rotatable bonds is 4. The Labute approximate surface area is 280 Å². The molecule has 2 N–H and O–H groups in total. The number of fused-ring (bicyclic) bond motifs is 18. The summed E-state index contributed by atoms with van der Waals surface area (Å²) in [6.07, 6.45) is 3.73. The maximum atomic E-state index is 5.40. The first kappa shape index (κ1) is 28.7. The molecule has 48 heavy (non-hydrogen) atoms. The van der Waals surface area contributed by atoms with Gasteiger partial charge in [-0.05, 0) is 93.7 Å². The smallest absolute Gasteiger partial charge is 0.0743 e. The highest BCUT2D eigenvalue weighted by Gasteiger charge is 2.23. The van der Waals surface area contributed by atoms with Gasteiger partial charge in [0.05, 0.1) is 22.8 Å². The molecule has 234 valence electrons. The van der Waals surface area contributed by atoms with Crippen molar-refractivity contribution < 1.29 is 0 Å². The maximum Gasteiger partial charge on any atom is 0.0743 e. The monoisotopic (exact) mass is 622 g/mol. The molecule has 9 rings (SSSR count). The number of aromatic amines is 2. The van der Waals surface area contributed by atoms with Gasteiger partial charge in [0.1, 0.15) is 0 Å². The van der Waals surface area contributed by atoms with Gasteiger partial charge in [-0.3, -0.25) is 0 Å². The van der Waals surface area contributed by atoms with Crippen LogP contribution >= 0.6 is 0 Å². The second-order valence-corrected chi connectivity index (χ2v) is 13.0. The van der Waals surface area contributed by atoms with Crippen molar-refractivity contribution in [2.24, 2.45) is 0 Å². The molecule has 7 aromatic rings. The van der Waals surface area contributed by atoms with Gasteiger partial charge in [-0.1, -0.05) is 100 Å². The summed E-state index contributed by atoms with van der Waals surface area (Å²) >= 11 is 0. The third-order valence-electron chi connectivity index (χ3n) is 10.5. The molecule has 4 aromatic carbocycles. The molecule has 0 saturated heterocycles. The Morgan fingerprint density at radius 3 is 1.15 bits per heavy atom. The van der Waals surface area contributed by atoms with E-state index in [1.54, 1.807) is 0 Å². The van der Waals surface area contributed by atoms with Crippen molar-refractivity contribution in [1.29, 1.82) is 0 Å². The number of nitrogens with one attached hydrogen (secondary N) is 2. The first-order valence-electron chi connectivity index (χ1n) is 17.4. The van der Waals surface area contributed by atoms with Crippen molar-refractivity contribution in [2.45, 2.75) is 53.4 Å². The minimum Gasteiger partial charge on any atom is -0.355 e. The molecular formula is C44H38N4. The van der Waals surface area contributed by atoms with Crippen LogP contribution in [0.1, 0.15) is 49.9 Å². The zero-order valence-electron chi connectivity index (χ0n) is 28.0. The lowest BCUT2D eigenvalue weighted by molar-refractivity contribution is 1.07. The van der Waals surface area contributed by atoms with Crippen LogP contribution in [0.2, 0.25) is 0 Å². The molecule has 0 saturated carbocycles. The molecule has 0 spiro atoms. The first-order valence-corrected chi connectivity index (χ1v) is 17.4. The standard InChI is InChI=1S/C44H38N4/c1-5-27-28(6-2)36-22-40-34-20-18-26-14-10-12-16-32(26)44(34)42(48-40)24-38-30(8-4)29(7-3)37(46-38)23-41-43-31-15-11-9-13-25(31)17-19-33(43)39(47-41)21-35(27)45-36/h9-24,45-46H,5-8H2,1-4H3. The normalized spacial score (nSPS) is 12.1. The maximum absolute atomic E-state index is 5.40. The molecular weight excluding hydrogens is 585 g/mol. The van der Waals surface area contributed by atoms with E-state index < -0.39 is 0 Å². The number of aryl methyl sites for hydroxylation is 4. The predicted molar refractivity (Wildman–Crippen MR) is 202 cm³/mol. The fourth-order valence-corrected chi connectivity index (χ4v) is 8.34. The van der Waals surface area contributed by atoms with Gasteiger partial charge < -0.3 is 9.97 Å². The highest BCUT2D eigenvalue weighted by atomic mass is 14.8. The fraction of sp³-hybridized carbons (Fsp3) is 0.182. The van der Waals surface area contributed by atoms with Crippen molar-refractivity contribution >= 4 is 43.6 Å². The van der Waals surface area contributed by atoms with Crippen molar-refractivity contribution in [2.75, 3.05) is 0 Å². The molecule has 0 atom stereocenters. The zero-order chi connectivity index (χ0) is 32.5. The van der Waals surface area contributed by atoms with Crippen LogP contribution < -0.4 is 0 Å². The average Bonchev–Trinajstić information content (AvgIpc) is 3.85. The van der Waals surface area contributed by atoms with Gasteiger partial charge in [0.2, 0.25) is 0 Å². The lowest BCUT2D eigenvalue weighted by Crippen LogP contribution is -1.86. The van der Waals surface area contributed by atoms with Crippen LogP contribution in [0.15, 0.2) is 97.1 Å². The molecule has 0 aliphatic carbocycles. The fourth-order valence-electron chi connectivity index (χ4n) is 8.34. The van der Waals surface area contributed by atoms with Crippen LogP contribution in [0.5, 0.6) is 0 Å². The van der Waals surface area contributed by atoms with Gasteiger partial charge in [0.25, 0.3) is 0 Å². The summed E-state index contributed by atoms with van der Waals surface area (Å²) in [6, 6.07) is 35.5. The second-order valence-electron chi connectivity index (χ2n) is 13.0. The summed E-state index contributed by atoms with van der Waals surface area (Å²) in [5, 5.41) is 4.92. The summed E-state index contributed by atoms with van der Waals surface area (Å²) < 4.78 is 0. The molecule has 5 heterocycles. The molecule has 0 unspecified atom stereocenters. The highest BCUT2D eigenvalue weighted by Crippen LogP contribution is 2.44. The SMILES string of the molecule is CCc1c(CC)c2cc3nc(cc4[nH]c(cc5nc(cc1[nH]2)-c1ccc2ccccc2c1-5)c(CC)c4CC)-c1c-3ccc2ccccc12. The van der Waals surface area contributed by atoms with Crippen LogP contribution in [-0.2, 0) is 25.7 Å². The largest absolute Gasteiger partial charge is 0.355 e. The molecule has 2 aliphatic rings. The van der Waals surface area contributed by atoms with Gasteiger partial charge in [-0.25, -0.2) is 9.97 Å². The van der Waals surface area contributed by atoms with Crippen molar-refractivity contribution in [3.63, 3.8) is 0 Å². The minimum atomic E-state index is 0.930. The molecule has 0 amide bonds. The van der Waals surface area contributed by atoms with Gasteiger partial charge in [0, 0.05) is 44.3 Å². The van der Waals surface area contributed by atoms with E-state index in [1.807, 2.05) is 0 Å². The molecule has 8 bridgehead atoms. The van der Waals surface area contributed by atoms with E-state index in [2.05, 4.69) is 135 Å². The Morgan fingerprint density at radius 1 is 0.417 bits per heavy atom. The summed E-state index contributed by atoms with van der Waals surface area (Å²) in [5.74, 6) is 0. The minimum absolute atomic E-state index is 0.930. The van der Waals surface area contributed by atoms with Crippen molar-refractivity contribution in [3.8, 4) is 45.0 Å². The predicted octanol–water partition coefficient (Wildman–Crippen LogP) is 11.5. The number of nitrogens with zero attached hydrogens (tertiary/aromatic N) is 2.